The number of pyridine rings is 1. The summed E-state index contributed by atoms with van der Waals surface area (Å²) in [5, 5.41) is 12.2. The molecule has 2 heterocycles. The lowest BCUT2D eigenvalue weighted by Gasteiger charge is -2.30. The number of morpholine rings is 1. The van der Waals surface area contributed by atoms with Crippen molar-refractivity contribution in [2.45, 2.75) is 0 Å². The molecule has 3 rings (SSSR count). The molecular formula is C16H17N3O4. The maximum Gasteiger partial charge on any atom is 0.256 e. The number of ether oxygens (including phenoxy) is 1. The minimum Gasteiger partial charge on any atom is -0.494 e. The van der Waals surface area contributed by atoms with Gasteiger partial charge >= 0.3 is 0 Å². The molecule has 1 aliphatic rings. The summed E-state index contributed by atoms with van der Waals surface area (Å²) in [7, 11) is 0. The van der Waals surface area contributed by atoms with Gasteiger partial charge in [0.1, 0.15) is 0 Å². The lowest BCUT2D eigenvalue weighted by molar-refractivity contribution is 0.102. The van der Waals surface area contributed by atoms with Crippen LogP contribution in [0.25, 0.3) is 0 Å². The highest BCUT2D eigenvalue weighted by Crippen LogP contribution is 2.26. The minimum absolute atomic E-state index is 0.100. The topological polar surface area (TPSA) is 94.7 Å². The fourth-order valence-electron chi connectivity index (χ4n) is 2.51. The number of nitrogens with zero attached hydrogens (tertiary/aromatic N) is 1. The first-order valence-corrected chi connectivity index (χ1v) is 7.30. The van der Waals surface area contributed by atoms with Crippen molar-refractivity contribution in [2.75, 3.05) is 36.5 Å². The summed E-state index contributed by atoms with van der Waals surface area (Å²) >= 11 is 0. The number of carbonyl (C=O) groups excluding carboxylic acids is 1. The maximum atomic E-state index is 12.3. The van der Waals surface area contributed by atoms with Gasteiger partial charge in [0.15, 0.2) is 5.88 Å². The van der Waals surface area contributed by atoms with Gasteiger partial charge in [-0.1, -0.05) is 12.1 Å². The molecule has 0 atom stereocenters. The van der Waals surface area contributed by atoms with Crippen molar-refractivity contribution in [1.82, 2.24) is 4.98 Å². The van der Waals surface area contributed by atoms with Gasteiger partial charge in [0.2, 0.25) is 0 Å². The van der Waals surface area contributed by atoms with Gasteiger partial charge in [-0.05, 0) is 12.1 Å². The quantitative estimate of drug-likeness (QED) is 0.790. The van der Waals surface area contributed by atoms with E-state index in [1.807, 2.05) is 18.2 Å². The van der Waals surface area contributed by atoms with Gasteiger partial charge < -0.3 is 20.1 Å². The Morgan fingerprint density at radius 3 is 2.70 bits per heavy atom. The van der Waals surface area contributed by atoms with Gasteiger partial charge in [-0.15, -0.1) is 0 Å². The van der Waals surface area contributed by atoms with Crippen LogP contribution in [0, 0.1) is 0 Å². The van der Waals surface area contributed by atoms with Gasteiger partial charge in [-0.25, -0.2) is 0 Å². The number of aromatic amines is 1. The van der Waals surface area contributed by atoms with Crippen LogP contribution >= 0.6 is 0 Å². The van der Waals surface area contributed by atoms with Crippen LogP contribution in [0.2, 0.25) is 0 Å². The van der Waals surface area contributed by atoms with E-state index in [-0.39, 0.29) is 11.4 Å². The van der Waals surface area contributed by atoms with Crippen molar-refractivity contribution < 1.29 is 14.6 Å². The lowest BCUT2D eigenvalue weighted by atomic mass is 10.2. The van der Waals surface area contributed by atoms with Gasteiger partial charge in [0, 0.05) is 25.2 Å². The molecular weight excluding hydrogens is 298 g/mol. The van der Waals surface area contributed by atoms with Gasteiger partial charge in [-0.2, -0.15) is 0 Å². The number of amides is 1. The number of carbonyl (C=O) groups is 1. The fourth-order valence-corrected chi connectivity index (χ4v) is 2.51. The van der Waals surface area contributed by atoms with Crippen molar-refractivity contribution in [2.24, 2.45) is 0 Å². The molecule has 7 heteroatoms. The van der Waals surface area contributed by atoms with E-state index in [0.717, 1.165) is 24.8 Å². The lowest BCUT2D eigenvalue weighted by Crippen LogP contribution is -2.36. The molecule has 1 saturated heterocycles. The summed E-state index contributed by atoms with van der Waals surface area (Å²) in [6, 6.07) is 9.82. The smallest absolute Gasteiger partial charge is 0.256 e. The molecule has 0 spiro atoms. The average Bonchev–Trinajstić information content (AvgIpc) is 2.55. The number of aromatic nitrogens is 1. The average molecular weight is 315 g/mol. The van der Waals surface area contributed by atoms with Crippen LogP contribution in [0.3, 0.4) is 0 Å². The maximum absolute atomic E-state index is 12.3. The summed E-state index contributed by atoms with van der Waals surface area (Å²) in [5.41, 5.74) is 1.12. The van der Waals surface area contributed by atoms with Gasteiger partial charge in [0.25, 0.3) is 11.5 Å². The SMILES string of the molecule is O=C(Nc1ccccc1N1CCOCC1)c1cc(O)[nH]c(=O)c1. The van der Waals surface area contributed by atoms with Crippen LogP contribution in [0.15, 0.2) is 41.2 Å². The van der Waals surface area contributed by atoms with E-state index in [1.165, 1.54) is 6.07 Å². The normalized spacial score (nSPS) is 14.5. The third-order valence-electron chi connectivity index (χ3n) is 3.60. The first-order valence-electron chi connectivity index (χ1n) is 7.30. The Morgan fingerprint density at radius 2 is 1.96 bits per heavy atom. The zero-order valence-electron chi connectivity index (χ0n) is 12.4. The predicted octanol–water partition coefficient (Wildman–Crippen LogP) is 1.17. The Morgan fingerprint density at radius 1 is 1.22 bits per heavy atom. The molecule has 2 aromatic rings. The predicted molar refractivity (Wildman–Crippen MR) is 86.2 cm³/mol. The summed E-state index contributed by atoms with van der Waals surface area (Å²) in [5.74, 6) is -0.795. The number of benzene rings is 1. The first-order chi connectivity index (χ1) is 11.1. The number of para-hydroxylation sites is 2. The second kappa shape index (κ2) is 6.53. The number of nitrogens with one attached hydrogen (secondary N) is 2. The number of rotatable bonds is 3. The van der Waals surface area contributed by atoms with Gasteiger partial charge in [0.05, 0.1) is 30.2 Å². The second-order valence-corrected chi connectivity index (χ2v) is 5.19. The zero-order chi connectivity index (χ0) is 16.2. The third-order valence-corrected chi connectivity index (χ3v) is 3.60. The Kier molecular flexibility index (Phi) is 4.29. The van der Waals surface area contributed by atoms with E-state index < -0.39 is 11.5 Å². The molecule has 23 heavy (non-hydrogen) atoms. The van der Waals surface area contributed by atoms with E-state index >= 15 is 0 Å². The van der Waals surface area contributed by atoms with E-state index in [9.17, 15) is 14.7 Å². The van der Waals surface area contributed by atoms with E-state index in [1.54, 1.807) is 6.07 Å². The molecule has 0 radical (unpaired) electrons. The molecule has 1 fully saturated rings. The van der Waals surface area contributed by atoms with Crippen LogP contribution in [0.4, 0.5) is 11.4 Å². The molecule has 7 nitrogen and oxygen atoms in total. The summed E-state index contributed by atoms with van der Waals surface area (Å²) < 4.78 is 5.34. The Labute approximate surface area is 132 Å². The zero-order valence-corrected chi connectivity index (χ0v) is 12.4. The standard InChI is InChI=1S/C16H17N3O4/c20-14-9-11(10-15(21)18-14)16(22)17-12-3-1-2-4-13(12)19-5-7-23-8-6-19/h1-4,9-10H,5-8H2,(H,17,22)(H2,18,20,21). The highest BCUT2D eigenvalue weighted by molar-refractivity contribution is 6.06. The Balaban J connectivity index is 1.84. The number of aromatic hydroxyl groups is 1. The van der Waals surface area contributed by atoms with Crippen LogP contribution in [0.1, 0.15) is 10.4 Å². The molecule has 3 N–H and O–H groups in total. The van der Waals surface area contributed by atoms with Crippen molar-refractivity contribution in [3.8, 4) is 5.88 Å². The fraction of sp³-hybridized carbons (Fsp3) is 0.250. The van der Waals surface area contributed by atoms with Crippen molar-refractivity contribution in [1.29, 1.82) is 0 Å². The molecule has 0 bridgehead atoms. The molecule has 1 aromatic carbocycles. The molecule has 1 aliphatic heterocycles. The van der Waals surface area contributed by atoms with Crippen molar-refractivity contribution >= 4 is 17.3 Å². The highest BCUT2D eigenvalue weighted by Gasteiger charge is 2.16. The minimum atomic E-state index is -0.531. The van der Waals surface area contributed by atoms with Crippen molar-refractivity contribution in [3.63, 3.8) is 0 Å². The summed E-state index contributed by atoms with van der Waals surface area (Å²) in [6.45, 7) is 2.78. The molecule has 1 amide bonds. The van der Waals surface area contributed by atoms with E-state index in [4.69, 9.17) is 4.74 Å². The summed E-state index contributed by atoms with van der Waals surface area (Å²) in [4.78, 5) is 28.0. The number of anilines is 2. The summed E-state index contributed by atoms with van der Waals surface area (Å²) in [6.07, 6.45) is 0. The third kappa shape index (κ3) is 3.51. The Hall–Kier alpha value is -2.80. The number of H-pyrrole nitrogens is 1. The largest absolute Gasteiger partial charge is 0.494 e. The first kappa shape index (κ1) is 15.1. The van der Waals surface area contributed by atoms with Crippen molar-refractivity contribution in [3.05, 3.63) is 52.3 Å². The highest BCUT2D eigenvalue weighted by atomic mass is 16.5. The van der Waals surface area contributed by atoms with E-state index in [0.29, 0.717) is 18.9 Å². The van der Waals surface area contributed by atoms with Crippen LogP contribution in [0.5, 0.6) is 5.88 Å². The van der Waals surface area contributed by atoms with Gasteiger partial charge in [-0.3, -0.25) is 14.6 Å². The number of hydrogen-bond acceptors (Lipinski definition) is 5. The molecule has 0 saturated carbocycles. The molecule has 120 valence electrons. The molecule has 1 aromatic heterocycles. The Bertz CT molecular complexity index is 766. The van der Waals surface area contributed by atoms with Crippen LogP contribution in [-0.2, 0) is 4.74 Å². The monoisotopic (exact) mass is 315 g/mol. The second-order valence-electron chi connectivity index (χ2n) is 5.19. The van der Waals surface area contributed by atoms with Crippen LogP contribution < -0.4 is 15.8 Å². The molecule has 0 unspecified atom stereocenters. The van der Waals surface area contributed by atoms with Crippen LogP contribution in [-0.4, -0.2) is 42.3 Å². The number of hydrogen-bond donors (Lipinski definition) is 3. The molecule has 0 aliphatic carbocycles. The van der Waals surface area contributed by atoms with E-state index in [2.05, 4.69) is 15.2 Å².